The highest BCUT2D eigenvalue weighted by Gasteiger charge is 2.22. The van der Waals surface area contributed by atoms with Crippen molar-refractivity contribution < 1.29 is 14.3 Å². The summed E-state index contributed by atoms with van der Waals surface area (Å²) in [6.45, 7) is 3.04. The van der Waals surface area contributed by atoms with E-state index in [4.69, 9.17) is 9.47 Å². The van der Waals surface area contributed by atoms with Crippen molar-refractivity contribution in [1.29, 1.82) is 0 Å². The van der Waals surface area contributed by atoms with Gasteiger partial charge in [0.25, 0.3) is 5.91 Å². The summed E-state index contributed by atoms with van der Waals surface area (Å²) >= 11 is 1.62. The van der Waals surface area contributed by atoms with E-state index in [0.29, 0.717) is 13.2 Å². The predicted octanol–water partition coefficient (Wildman–Crippen LogP) is 3.79. The van der Waals surface area contributed by atoms with Gasteiger partial charge in [-0.2, -0.15) is 0 Å². The monoisotopic (exact) mass is 343 g/mol. The van der Waals surface area contributed by atoms with E-state index in [1.54, 1.807) is 11.3 Å². The molecule has 1 aliphatic rings. The van der Waals surface area contributed by atoms with Gasteiger partial charge in [0.15, 0.2) is 0 Å². The minimum atomic E-state index is -0.259. The van der Waals surface area contributed by atoms with Crippen molar-refractivity contribution in [1.82, 2.24) is 5.32 Å². The van der Waals surface area contributed by atoms with Crippen LogP contribution >= 0.6 is 11.3 Å². The molecule has 126 valence electrons. The molecular weight excluding hydrogens is 322 g/mol. The first kappa shape index (κ1) is 16.6. The highest BCUT2D eigenvalue weighted by molar-refractivity contribution is 7.10. The SMILES string of the molecule is CCCc1ccc([C@@H](NC(=O)C2=COCCO2)c2cccs2)cc1. The molecule has 4 nitrogen and oxygen atoms in total. The first-order chi connectivity index (χ1) is 11.8. The van der Waals surface area contributed by atoms with Crippen LogP contribution in [0.1, 0.15) is 35.4 Å². The number of carbonyl (C=O) groups is 1. The van der Waals surface area contributed by atoms with Gasteiger partial charge < -0.3 is 14.8 Å². The van der Waals surface area contributed by atoms with Crippen LogP contribution in [0.3, 0.4) is 0 Å². The summed E-state index contributed by atoms with van der Waals surface area (Å²) in [4.78, 5) is 13.6. The van der Waals surface area contributed by atoms with Crippen LogP contribution in [0.4, 0.5) is 0 Å². The lowest BCUT2D eigenvalue weighted by Gasteiger charge is -2.21. The van der Waals surface area contributed by atoms with Gasteiger partial charge in [0.1, 0.15) is 19.5 Å². The molecule has 0 saturated heterocycles. The number of benzene rings is 1. The quantitative estimate of drug-likeness (QED) is 0.868. The van der Waals surface area contributed by atoms with Crippen LogP contribution in [0, 0.1) is 0 Å². The molecule has 1 amide bonds. The van der Waals surface area contributed by atoms with Crippen molar-refractivity contribution >= 4 is 17.2 Å². The Bertz CT molecular complexity index is 692. The lowest BCUT2D eigenvalue weighted by Crippen LogP contribution is -2.32. The van der Waals surface area contributed by atoms with E-state index in [2.05, 4.69) is 36.5 Å². The fourth-order valence-corrected chi connectivity index (χ4v) is 3.43. The molecule has 1 aliphatic heterocycles. The third-order valence-corrected chi connectivity index (χ3v) is 4.76. The number of ether oxygens (including phenoxy) is 2. The lowest BCUT2D eigenvalue weighted by molar-refractivity contribution is -0.122. The first-order valence-corrected chi connectivity index (χ1v) is 9.03. The normalized spacial score (nSPS) is 15.0. The maximum atomic E-state index is 12.5. The zero-order valence-corrected chi connectivity index (χ0v) is 14.5. The Balaban J connectivity index is 1.81. The standard InChI is InChI=1S/C19H21NO3S/c1-2-4-14-6-8-15(9-7-14)18(17-5-3-12-24-17)20-19(21)16-13-22-10-11-23-16/h3,5-9,12-13,18H,2,4,10-11H2,1H3,(H,20,21)/t18-/m1/s1. The van der Waals surface area contributed by atoms with Crippen molar-refractivity contribution in [2.24, 2.45) is 0 Å². The van der Waals surface area contributed by atoms with E-state index >= 15 is 0 Å². The highest BCUT2D eigenvalue weighted by atomic mass is 32.1. The average Bonchev–Trinajstić information content (AvgIpc) is 3.16. The molecular formula is C19H21NO3S. The van der Waals surface area contributed by atoms with E-state index in [0.717, 1.165) is 23.3 Å². The molecule has 24 heavy (non-hydrogen) atoms. The Morgan fingerprint density at radius 2 is 2.08 bits per heavy atom. The van der Waals surface area contributed by atoms with Gasteiger partial charge in [0, 0.05) is 4.88 Å². The number of amides is 1. The first-order valence-electron chi connectivity index (χ1n) is 8.15. The fourth-order valence-electron chi connectivity index (χ4n) is 2.63. The van der Waals surface area contributed by atoms with E-state index in [1.165, 1.54) is 11.8 Å². The van der Waals surface area contributed by atoms with Gasteiger partial charge in [-0.15, -0.1) is 11.3 Å². The number of rotatable bonds is 6. The molecule has 0 aliphatic carbocycles. The maximum absolute atomic E-state index is 12.5. The second-order valence-electron chi connectivity index (χ2n) is 5.61. The number of carbonyl (C=O) groups excluding carboxylic acids is 1. The summed E-state index contributed by atoms with van der Waals surface area (Å²) in [5.74, 6) is -0.0313. The number of hydrogen-bond donors (Lipinski definition) is 1. The van der Waals surface area contributed by atoms with Crippen molar-refractivity contribution in [2.45, 2.75) is 25.8 Å². The van der Waals surface area contributed by atoms with Gasteiger partial charge in [-0.1, -0.05) is 43.7 Å². The van der Waals surface area contributed by atoms with Crippen molar-refractivity contribution in [3.8, 4) is 0 Å². The fraction of sp³-hybridized carbons (Fsp3) is 0.316. The molecule has 2 aromatic rings. The van der Waals surface area contributed by atoms with Crippen molar-refractivity contribution in [2.75, 3.05) is 13.2 Å². The second kappa shape index (κ2) is 8.02. The Labute approximate surface area is 146 Å². The summed E-state index contributed by atoms with van der Waals surface area (Å²) in [7, 11) is 0. The summed E-state index contributed by atoms with van der Waals surface area (Å²) in [5.41, 5.74) is 2.37. The van der Waals surface area contributed by atoms with Crippen molar-refractivity contribution in [3.63, 3.8) is 0 Å². The van der Waals surface area contributed by atoms with E-state index < -0.39 is 0 Å². The molecule has 3 rings (SSSR count). The van der Waals surface area contributed by atoms with Crippen LogP contribution in [0.25, 0.3) is 0 Å². The van der Waals surface area contributed by atoms with E-state index in [9.17, 15) is 4.79 Å². The van der Waals surface area contributed by atoms with Crippen LogP contribution in [0.5, 0.6) is 0 Å². The third kappa shape index (κ3) is 3.97. The van der Waals surface area contributed by atoms with Gasteiger partial charge in [-0.05, 0) is 29.0 Å². The topological polar surface area (TPSA) is 47.6 Å². The molecule has 2 heterocycles. The average molecular weight is 343 g/mol. The van der Waals surface area contributed by atoms with Gasteiger partial charge >= 0.3 is 0 Å². The molecule has 0 spiro atoms. The lowest BCUT2D eigenvalue weighted by atomic mass is 10.0. The minimum absolute atomic E-state index is 0.195. The highest BCUT2D eigenvalue weighted by Crippen LogP contribution is 2.27. The predicted molar refractivity (Wildman–Crippen MR) is 94.7 cm³/mol. The number of nitrogens with one attached hydrogen (secondary N) is 1. The molecule has 0 radical (unpaired) electrons. The second-order valence-corrected chi connectivity index (χ2v) is 6.59. The van der Waals surface area contributed by atoms with Gasteiger partial charge in [-0.25, -0.2) is 0 Å². The summed E-state index contributed by atoms with van der Waals surface area (Å²) in [6.07, 6.45) is 3.57. The number of thiophene rings is 1. The molecule has 1 atom stereocenters. The molecule has 1 N–H and O–H groups in total. The molecule has 0 fully saturated rings. The Morgan fingerprint density at radius 3 is 2.71 bits per heavy atom. The zero-order valence-electron chi connectivity index (χ0n) is 13.7. The molecule has 0 unspecified atom stereocenters. The Hall–Kier alpha value is -2.27. The number of hydrogen-bond acceptors (Lipinski definition) is 4. The zero-order chi connectivity index (χ0) is 16.8. The van der Waals surface area contributed by atoms with Gasteiger partial charge in [0.2, 0.25) is 5.76 Å². The smallest absolute Gasteiger partial charge is 0.290 e. The van der Waals surface area contributed by atoms with E-state index in [1.807, 2.05) is 17.5 Å². The molecule has 1 aromatic heterocycles. The number of aryl methyl sites for hydroxylation is 1. The van der Waals surface area contributed by atoms with Crippen LogP contribution in [-0.2, 0) is 20.7 Å². The maximum Gasteiger partial charge on any atom is 0.290 e. The largest absolute Gasteiger partial charge is 0.494 e. The van der Waals surface area contributed by atoms with Crippen LogP contribution in [-0.4, -0.2) is 19.1 Å². The Kier molecular flexibility index (Phi) is 5.54. The minimum Gasteiger partial charge on any atom is -0.494 e. The van der Waals surface area contributed by atoms with Crippen molar-refractivity contribution in [3.05, 3.63) is 69.8 Å². The molecule has 5 heteroatoms. The van der Waals surface area contributed by atoms with Crippen LogP contribution in [0.2, 0.25) is 0 Å². The van der Waals surface area contributed by atoms with Crippen LogP contribution in [0.15, 0.2) is 53.8 Å². The van der Waals surface area contributed by atoms with Gasteiger partial charge in [0.05, 0.1) is 6.04 Å². The molecule has 0 bridgehead atoms. The molecule has 1 aromatic carbocycles. The molecule has 0 saturated carbocycles. The summed E-state index contributed by atoms with van der Waals surface area (Å²) in [5, 5.41) is 5.07. The van der Waals surface area contributed by atoms with Gasteiger partial charge in [-0.3, -0.25) is 4.79 Å². The summed E-state index contributed by atoms with van der Waals surface area (Å²) in [6, 6.07) is 12.3. The van der Waals surface area contributed by atoms with E-state index in [-0.39, 0.29) is 17.7 Å². The Morgan fingerprint density at radius 1 is 1.25 bits per heavy atom. The third-order valence-electron chi connectivity index (χ3n) is 3.83. The van der Waals surface area contributed by atoms with Crippen LogP contribution < -0.4 is 5.32 Å². The summed E-state index contributed by atoms with van der Waals surface area (Å²) < 4.78 is 10.6.